The van der Waals surface area contributed by atoms with Crippen LogP contribution >= 0.6 is 0 Å². The normalized spacial score (nSPS) is 22.8. The van der Waals surface area contributed by atoms with Gasteiger partial charge in [-0.1, -0.05) is 66.6 Å². The van der Waals surface area contributed by atoms with Gasteiger partial charge in [-0.25, -0.2) is 15.0 Å². The van der Waals surface area contributed by atoms with Crippen LogP contribution in [0.15, 0.2) is 73.3 Å². The number of rotatable bonds is 9. The molecule has 10 nitrogen and oxygen atoms in total. The van der Waals surface area contributed by atoms with E-state index in [1.165, 1.54) is 19.6 Å². The molecule has 3 unspecified atom stereocenters. The number of hydrogen-bond acceptors (Lipinski definition) is 9. The van der Waals surface area contributed by atoms with Crippen LogP contribution in [0.25, 0.3) is 11.2 Å². The minimum absolute atomic E-state index is 0.0180. The molecule has 0 radical (unpaired) electrons. The Bertz CT molecular complexity index is 1440. The maximum Gasteiger partial charge on any atom is 0.303 e. The van der Waals surface area contributed by atoms with E-state index in [9.17, 15) is 4.79 Å². The summed E-state index contributed by atoms with van der Waals surface area (Å²) in [6.07, 6.45) is 6.19. The summed E-state index contributed by atoms with van der Waals surface area (Å²) in [7, 11) is 0. The van der Waals surface area contributed by atoms with Gasteiger partial charge in [-0.3, -0.25) is 9.36 Å². The first-order valence-electron chi connectivity index (χ1n) is 12.0. The maximum atomic E-state index is 12.3. The number of carbonyl (C=O) groups excluding carboxylic acids is 1. The SMILES string of the molecule is C#C[C@]1(COCc2ccccc2)OC(n2cnc3c(N)ncnc32)C(OC(C)=O)C1OCc1ccccc1. The molecule has 3 heterocycles. The summed E-state index contributed by atoms with van der Waals surface area (Å²) in [5.74, 6) is 2.44. The summed E-state index contributed by atoms with van der Waals surface area (Å²) in [6, 6.07) is 19.3. The van der Waals surface area contributed by atoms with Crippen molar-refractivity contribution in [3.05, 3.63) is 84.4 Å². The number of anilines is 1. The molecule has 5 rings (SSSR count). The third kappa shape index (κ3) is 5.08. The number of fused-ring (bicyclic) bond motifs is 1. The summed E-state index contributed by atoms with van der Waals surface area (Å²) >= 11 is 0. The smallest absolute Gasteiger partial charge is 0.303 e. The molecule has 0 amide bonds. The number of esters is 1. The van der Waals surface area contributed by atoms with Crippen LogP contribution in [0, 0.1) is 12.3 Å². The van der Waals surface area contributed by atoms with Crippen LogP contribution in [0.1, 0.15) is 24.3 Å². The Hall–Kier alpha value is -4.30. The van der Waals surface area contributed by atoms with E-state index < -0.39 is 30.0 Å². The fraction of sp³-hybridized carbons (Fsp3) is 0.286. The molecule has 38 heavy (non-hydrogen) atoms. The maximum absolute atomic E-state index is 12.3. The quantitative estimate of drug-likeness (QED) is 0.266. The summed E-state index contributed by atoms with van der Waals surface area (Å²) in [6.45, 7) is 1.82. The molecule has 1 saturated heterocycles. The van der Waals surface area contributed by atoms with Gasteiger partial charge >= 0.3 is 5.97 Å². The van der Waals surface area contributed by atoms with Crippen LogP contribution in [0.2, 0.25) is 0 Å². The molecule has 1 aliphatic heterocycles. The molecule has 2 N–H and O–H groups in total. The van der Waals surface area contributed by atoms with Crippen molar-refractivity contribution in [2.75, 3.05) is 12.3 Å². The van der Waals surface area contributed by atoms with Crippen LogP contribution in [0.5, 0.6) is 0 Å². The molecule has 0 saturated carbocycles. The Labute approximate surface area is 219 Å². The second kappa shape index (κ2) is 11.0. The highest BCUT2D eigenvalue weighted by molar-refractivity contribution is 5.81. The van der Waals surface area contributed by atoms with Gasteiger partial charge in [0.25, 0.3) is 0 Å². The monoisotopic (exact) mass is 513 g/mol. The highest BCUT2D eigenvalue weighted by Crippen LogP contribution is 2.42. The van der Waals surface area contributed by atoms with E-state index in [1.54, 1.807) is 4.57 Å². The van der Waals surface area contributed by atoms with Crippen LogP contribution in [0.4, 0.5) is 5.82 Å². The van der Waals surface area contributed by atoms with Gasteiger partial charge in [0.05, 0.1) is 26.1 Å². The van der Waals surface area contributed by atoms with Crippen molar-refractivity contribution in [3.8, 4) is 12.3 Å². The van der Waals surface area contributed by atoms with Gasteiger partial charge in [-0.2, -0.15) is 0 Å². The van der Waals surface area contributed by atoms with Gasteiger partial charge in [-0.15, -0.1) is 6.42 Å². The molecule has 0 spiro atoms. The third-order valence-corrected chi connectivity index (χ3v) is 6.28. The van der Waals surface area contributed by atoms with E-state index in [4.69, 9.17) is 31.1 Å². The molecule has 4 aromatic rings. The summed E-state index contributed by atoms with van der Waals surface area (Å²) < 4.78 is 26.3. The second-order valence-electron chi connectivity index (χ2n) is 8.89. The zero-order chi connectivity index (χ0) is 26.5. The van der Waals surface area contributed by atoms with Crippen molar-refractivity contribution in [3.63, 3.8) is 0 Å². The standard InChI is InChI=1S/C28H27N5O5/c1-3-28(16-35-14-20-10-6-4-7-11-20)24(36-15-21-12-8-5-9-13-21)23(37-19(2)34)27(38-28)33-18-32-22-25(29)30-17-31-26(22)33/h1,4-13,17-18,23-24,27H,14-16H2,2H3,(H2,29,30,31)/t23?,24?,27?,28-/m1/s1. The highest BCUT2D eigenvalue weighted by atomic mass is 16.6. The minimum Gasteiger partial charge on any atom is -0.455 e. The predicted molar refractivity (Wildman–Crippen MR) is 138 cm³/mol. The summed E-state index contributed by atoms with van der Waals surface area (Å²) in [5, 5.41) is 0. The first-order valence-corrected chi connectivity index (χ1v) is 12.0. The molecule has 4 atom stereocenters. The molecular formula is C28H27N5O5. The fourth-order valence-electron chi connectivity index (χ4n) is 4.51. The van der Waals surface area contributed by atoms with Crippen LogP contribution in [0.3, 0.4) is 0 Å². The Balaban J connectivity index is 1.51. The number of nitrogen functional groups attached to an aromatic ring is 1. The lowest BCUT2D eigenvalue weighted by Crippen LogP contribution is -2.48. The molecule has 2 aromatic carbocycles. The van der Waals surface area contributed by atoms with E-state index in [0.29, 0.717) is 17.8 Å². The highest BCUT2D eigenvalue weighted by Gasteiger charge is 2.58. The van der Waals surface area contributed by atoms with E-state index in [0.717, 1.165) is 11.1 Å². The van der Waals surface area contributed by atoms with E-state index in [1.807, 2.05) is 60.7 Å². The minimum atomic E-state index is -1.40. The Morgan fingerprint density at radius 3 is 2.42 bits per heavy atom. The average Bonchev–Trinajstić information content (AvgIpc) is 3.49. The van der Waals surface area contributed by atoms with Crippen LogP contribution in [-0.4, -0.2) is 49.9 Å². The van der Waals surface area contributed by atoms with Crippen molar-refractivity contribution in [2.45, 2.75) is 44.2 Å². The average molecular weight is 514 g/mol. The van der Waals surface area contributed by atoms with Gasteiger partial charge in [0.2, 0.25) is 0 Å². The number of carbonyl (C=O) groups is 1. The Morgan fingerprint density at radius 2 is 1.76 bits per heavy atom. The zero-order valence-electron chi connectivity index (χ0n) is 20.8. The van der Waals surface area contributed by atoms with Gasteiger partial charge in [0.1, 0.15) is 17.9 Å². The van der Waals surface area contributed by atoms with Crippen molar-refractivity contribution in [2.24, 2.45) is 0 Å². The molecule has 1 aliphatic rings. The lowest BCUT2D eigenvalue weighted by atomic mass is 9.96. The van der Waals surface area contributed by atoms with E-state index in [-0.39, 0.29) is 19.0 Å². The topological polar surface area (TPSA) is 124 Å². The number of benzene rings is 2. The molecule has 10 heteroatoms. The van der Waals surface area contributed by atoms with Crippen molar-refractivity contribution in [1.82, 2.24) is 19.5 Å². The molecular weight excluding hydrogens is 486 g/mol. The third-order valence-electron chi connectivity index (χ3n) is 6.28. The number of imidazole rings is 1. The van der Waals surface area contributed by atoms with E-state index in [2.05, 4.69) is 20.9 Å². The van der Waals surface area contributed by atoms with Crippen LogP contribution in [-0.2, 0) is 37.0 Å². The molecule has 2 aromatic heterocycles. The Morgan fingerprint density at radius 1 is 1.08 bits per heavy atom. The Kier molecular flexibility index (Phi) is 7.33. The van der Waals surface area contributed by atoms with E-state index >= 15 is 0 Å². The van der Waals surface area contributed by atoms with Crippen LogP contribution < -0.4 is 5.73 Å². The number of nitrogens with two attached hydrogens (primary N) is 1. The van der Waals surface area contributed by atoms with Crippen molar-refractivity contribution < 1.29 is 23.7 Å². The molecule has 194 valence electrons. The van der Waals surface area contributed by atoms with Crippen molar-refractivity contribution in [1.29, 1.82) is 0 Å². The lowest BCUT2D eigenvalue weighted by Gasteiger charge is -2.30. The van der Waals surface area contributed by atoms with Gasteiger partial charge in [0, 0.05) is 6.92 Å². The van der Waals surface area contributed by atoms with Crippen molar-refractivity contribution >= 4 is 23.0 Å². The molecule has 0 bridgehead atoms. The number of ether oxygens (including phenoxy) is 4. The summed E-state index contributed by atoms with van der Waals surface area (Å²) in [4.78, 5) is 24.9. The predicted octanol–water partition coefficient (Wildman–Crippen LogP) is 3.04. The van der Waals surface area contributed by atoms with Gasteiger partial charge in [-0.05, 0) is 11.1 Å². The number of terminal acetylenes is 1. The number of nitrogens with zero attached hydrogens (tertiary/aromatic N) is 4. The number of aromatic nitrogens is 4. The largest absolute Gasteiger partial charge is 0.455 e. The first-order chi connectivity index (χ1) is 18.5. The number of hydrogen-bond donors (Lipinski definition) is 1. The first kappa shape index (κ1) is 25.4. The molecule has 0 aliphatic carbocycles. The zero-order valence-corrected chi connectivity index (χ0v) is 20.8. The fourth-order valence-corrected chi connectivity index (χ4v) is 4.51. The second-order valence-corrected chi connectivity index (χ2v) is 8.89. The lowest BCUT2D eigenvalue weighted by molar-refractivity contribution is -0.158. The summed E-state index contributed by atoms with van der Waals surface area (Å²) in [5.41, 5.74) is 7.27. The van der Waals surface area contributed by atoms with Gasteiger partial charge in [0.15, 0.2) is 29.4 Å². The van der Waals surface area contributed by atoms with Gasteiger partial charge < -0.3 is 24.7 Å². The molecule has 1 fully saturated rings.